The molecule has 2 amide bonds. The Labute approximate surface area is 164 Å². The number of benzene rings is 2. The number of nitrogens with zero attached hydrogens (tertiary/aromatic N) is 1. The van der Waals surface area contributed by atoms with Gasteiger partial charge in [0.2, 0.25) is 0 Å². The van der Waals surface area contributed by atoms with Gasteiger partial charge < -0.3 is 15.4 Å². The van der Waals surface area contributed by atoms with Gasteiger partial charge in [-0.25, -0.2) is 9.37 Å². The molecule has 28 heavy (non-hydrogen) atoms. The Bertz CT molecular complexity index is 1080. The van der Waals surface area contributed by atoms with Gasteiger partial charge in [0.05, 0.1) is 11.4 Å². The first-order valence-corrected chi connectivity index (χ1v) is 9.38. The lowest BCUT2D eigenvalue weighted by molar-refractivity contribution is -0.122. The zero-order valence-electron chi connectivity index (χ0n) is 15.1. The number of hydrogen-bond donors (Lipinski definition) is 2. The number of nitrogens with one attached hydrogen (secondary N) is 2. The number of carbonyl (C=O) groups is 2. The minimum absolute atomic E-state index is 0.238. The first-order valence-electron chi connectivity index (χ1n) is 8.57. The van der Waals surface area contributed by atoms with Crippen LogP contribution in [0.1, 0.15) is 22.3 Å². The summed E-state index contributed by atoms with van der Waals surface area (Å²) in [7, 11) is 0. The molecule has 1 atom stereocenters. The minimum atomic E-state index is -0.558. The Morgan fingerprint density at radius 1 is 1.25 bits per heavy atom. The van der Waals surface area contributed by atoms with Gasteiger partial charge in [-0.3, -0.25) is 9.59 Å². The largest absolute Gasteiger partial charge is 0.479 e. The number of rotatable bonds is 3. The number of fused-ring (bicyclic) bond motifs is 1. The van der Waals surface area contributed by atoms with Crippen LogP contribution in [-0.4, -0.2) is 22.9 Å². The zero-order valence-corrected chi connectivity index (χ0v) is 15.9. The van der Waals surface area contributed by atoms with Crippen molar-refractivity contribution in [2.45, 2.75) is 20.0 Å². The molecule has 0 radical (unpaired) electrons. The van der Waals surface area contributed by atoms with Crippen LogP contribution in [0.2, 0.25) is 0 Å². The van der Waals surface area contributed by atoms with E-state index in [4.69, 9.17) is 4.74 Å². The number of anilines is 2. The standard InChI is InChI=1S/C20H16FN3O3S/c1-10-17(28-20(22-10)12-3-5-13(21)6-4-12)19(26)23-14-7-8-16-15(9-14)24-18(25)11(2)27-16/h3-9,11H,1-2H3,(H,23,26)(H,24,25). The van der Waals surface area contributed by atoms with Crippen molar-refractivity contribution in [3.8, 4) is 16.3 Å². The van der Waals surface area contributed by atoms with Gasteiger partial charge in [0.1, 0.15) is 21.5 Å². The quantitative estimate of drug-likeness (QED) is 0.693. The van der Waals surface area contributed by atoms with Crippen LogP contribution >= 0.6 is 11.3 Å². The van der Waals surface area contributed by atoms with Crippen molar-refractivity contribution in [1.82, 2.24) is 4.98 Å². The molecule has 1 aliphatic rings. The summed E-state index contributed by atoms with van der Waals surface area (Å²) in [5.74, 6) is -0.316. The molecule has 1 unspecified atom stereocenters. The maximum Gasteiger partial charge on any atom is 0.267 e. The van der Waals surface area contributed by atoms with Crippen LogP contribution < -0.4 is 15.4 Å². The van der Waals surface area contributed by atoms with Gasteiger partial charge in [0, 0.05) is 11.3 Å². The average Bonchev–Trinajstić information content (AvgIpc) is 3.05. The molecule has 8 heteroatoms. The average molecular weight is 397 g/mol. The van der Waals surface area contributed by atoms with E-state index in [-0.39, 0.29) is 17.6 Å². The van der Waals surface area contributed by atoms with Crippen LogP contribution in [0.5, 0.6) is 5.75 Å². The van der Waals surface area contributed by atoms with Crippen molar-refractivity contribution in [2.75, 3.05) is 10.6 Å². The first-order chi connectivity index (χ1) is 13.4. The van der Waals surface area contributed by atoms with E-state index in [1.54, 1.807) is 44.2 Å². The van der Waals surface area contributed by atoms with Crippen molar-refractivity contribution in [3.63, 3.8) is 0 Å². The third-order valence-electron chi connectivity index (χ3n) is 4.26. The SMILES string of the molecule is Cc1nc(-c2ccc(F)cc2)sc1C(=O)Nc1ccc2c(c1)NC(=O)C(C)O2. The van der Waals surface area contributed by atoms with E-state index in [0.29, 0.717) is 32.7 Å². The Hall–Kier alpha value is -3.26. The van der Waals surface area contributed by atoms with Gasteiger partial charge in [-0.2, -0.15) is 0 Å². The molecule has 4 rings (SSSR count). The van der Waals surface area contributed by atoms with Gasteiger partial charge in [0.25, 0.3) is 11.8 Å². The summed E-state index contributed by atoms with van der Waals surface area (Å²) >= 11 is 1.24. The fraction of sp³-hybridized carbons (Fsp3) is 0.150. The predicted molar refractivity (Wildman–Crippen MR) is 105 cm³/mol. The zero-order chi connectivity index (χ0) is 19.8. The van der Waals surface area contributed by atoms with E-state index in [2.05, 4.69) is 15.6 Å². The van der Waals surface area contributed by atoms with Crippen molar-refractivity contribution < 1.29 is 18.7 Å². The fourth-order valence-corrected chi connectivity index (χ4v) is 3.76. The molecular formula is C20H16FN3O3S. The molecular weight excluding hydrogens is 381 g/mol. The molecule has 0 bridgehead atoms. The number of amides is 2. The molecule has 0 spiro atoms. The maximum absolute atomic E-state index is 13.1. The Balaban J connectivity index is 1.55. The number of hydrogen-bond acceptors (Lipinski definition) is 5. The molecule has 0 aliphatic carbocycles. The first kappa shape index (κ1) is 18.1. The van der Waals surface area contributed by atoms with Gasteiger partial charge in [-0.05, 0) is 56.3 Å². The number of carbonyl (C=O) groups excluding carboxylic acids is 2. The van der Waals surface area contributed by atoms with E-state index < -0.39 is 6.10 Å². The summed E-state index contributed by atoms with van der Waals surface area (Å²) in [6.07, 6.45) is -0.558. The second kappa shape index (κ2) is 7.05. The molecule has 2 aromatic carbocycles. The van der Waals surface area contributed by atoms with E-state index >= 15 is 0 Å². The molecule has 6 nitrogen and oxygen atoms in total. The van der Waals surface area contributed by atoms with E-state index in [1.807, 2.05) is 0 Å². The molecule has 0 saturated carbocycles. The monoisotopic (exact) mass is 397 g/mol. The summed E-state index contributed by atoms with van der Waals surface area (Å²) in [5, 5.41) is 6.20. The molecule has 3 aromatic rings. The highest BCUT2D eigenvalue weighted by Gasteiger charge is 2.24. The van der Waals surface area contributed by atoms with Crippen LogP contribution in [0.3, 0.4) is 0 Å². The van der Waals surface area contributed by atoms with Crippen LogP contribution in [0, 0.1) is 12.7 Å². The fourth-order valence-electron chi connectivity index (χ4n) is 2.80. The second-order valence-corrected chi connectivity index (χ2v) is 7.35. The summed E-state index contributed by atoms with van der Waals surface area (Å²) in [5.41, 5.74) is 2.37. The van der Waals surface area contributed by atoms with Crippen LogP contribution in [-0.2, 0) is 4.79 Å². The van der Waals surface area contributed by atoms with Crippen molar-refractivity contribution in [2.24, 2.45) is 0 Å². The molecule has 0 saturated heterocycles. The Morgan fingerprint density at radius 2 is 2.00 bits per heavy atom. The van der Waals surface area contributed by atoms with E-state index in [0.717, 1.165) is 5.56 Å². The van der Waals surface area contributed by atoms with Gasteiger partial charge in [0.15, 0.2) is 6.10 Å². The Morgan fingerprint density at radius 3 is 2.75 bits per heavy atom. The highest BCUT2D eigenvalue weighted by molar-refractivity contribution is 7.17. The molecule has 2 N–H and O–H groups in total. The summed E-state index contributed by atoms with van der Waals surface area (Å²) in [6.45, 7) is 3.42. The molecule has 2 heterocycles. The second-order valence-electron chi connectivity index (χ2n) is 6.35. The van der Waals surface area contributed by atoms with Crippen molar-refractivity contribution in [1.29, 1.82) is 0 Å². The minimum Gasteiger partial charge on any atom is -0.479 e. The van der Waals surface area contributed by atoms with Gasteiger partial charge >= 0.3 is 0 Å². The van der Waals surface area contributed by atoms with Crippen LogP contribution in [0.25, 0.3) is 10.6 Å². The number of aromatic nitrogens is 1. The van der Waals surface area contributed by atoms with Crippen molar-refractivity contribution >= 4 is 34.5 Å². The lowest BCUT2D eigenvalue weighted by Gasteiger charge is -2.23. The van der Waals surface area contributed by atoms with E-state index in [9.17, 15) is 14.0 Å². The number of ether oxygens (including phenoxy) is 1. The maximum atomic E-state index is 13.1. The number of thiazole rings is 1. The highest BCUT2D eigenvalue weighted by Crippen LogP contribution is 2.33. The van der Waals surface area contributed by atoms with Gasteiger partial charge in [-0.15, -0.1) is 11.3 Å². The van der Waals surface area contributed by atoms with Crippen LogP contribution in [0.15, 0.2) is 42.5 Å². The molecule has 1 aromatic heterocycles. The van der Waals surface area contributed by atoms with Gasteiger partial charge in [-0.1, -0.05) is 0 Å². The topological polar surface area (TPSA) is 80.3 Å². The predicted octanol–water partition coefficient (Wildman–Crippen LogP) is 4.23. The number of halogens is 1. The molecule has 142 valence electrons. The third kappa shape index (κ3) is 3.46. The lowest BCUT2D eigenvalue weighted by Crippen LogP contribution is -2.34. The highest BCUT2D eigenvalue weighted by atomic mass is 32.1. The van der Waals surface area contributed by atoms with E-state index in [1.165, 1.54) is 23.5 Å². The van der Waals surface area contributed by atoms with Crippen molar-refractivity contribution in [3.05, 3.63) is 58.9 Å². The summed E-state index contributed by atoms with van der Waals surface area (Å²) in [4.78, 5) is 29.3. The summed E-state index contributed by atoms with van der Waals surface area (Å²) in [6, 6.07) is 11.0. The smallest absolute Gasteiger partial charge is 0.267 e. The molecule has 1 aliphatic heterocycles. The third-order valence-corrected chi connectivity index (χ3v) is 5.47. The normalized spacial score (nSPS) is 15.4. The number of aryl methyl sites for hydroxylation is 1. The van der Waals surface area contributed by atoms with Crippen LogP contribution in [0.4, 0.5) is 15.8 Å². The summed E-state index contributed by atoms with van der Waals surface area (Å²) < 4.78 is 18.6. The Kier molecular flexibility index (Phi) is 4.56. The lowest BCUT2D eigenvalue weighted by atomic mass is 10.2. The molecule has 0 fully saturated rings.